The van der Waals surface area contributed by atoms with E-state index in [-0.39, 0.29) is 6.42 Å². The molecule has 1 heterocycles. The molecule has 3 rings (SSSR count). The summed E-state index contributed by atoms with van der Waals surface area (Å²) < 4.78 is 20.2. The Labute approximate surface area is 116 Å². The number of rotatable bonds is 3. The van der Waals surface area contributed by atoms with Crippen molar-refractivity contribution in [2.45, 2.75) is 12.1 Å². The molecule has 1 atom stereocenters. The van der Waals surface area contributed by atoms with Crippen LogP contribution in [-0.4, -0.2) is 13.0 Å². The van der Waals surface area contributed by atoms with Crippen LogP contribution in [0.25, 0.3) is 0 Å². The zero-order chi connectivity index (χ0) is 14.2. The number of para-hydroxylation sites is 1. The molecule has 0 saturated heterocycles. The first-order valence-corrected chi connectivity index (χ1v) is 6.36. The number of amides is 1. The molecule has 102 valence electrons. The van der Waals surface area contributed by atoms with Crippen molar-refractivity contribution in [2.24, 2.45) is 0 Å². The van der Waals surface area contributed by atoms with Gasteiger partial charge in [0.1, 0.15) is 5.75 Å². The molecule has 1 aliphatic rings. The summed E-state index contributed by atoms with van der Waals surface area (Å²) in [5, 5.41) is 2.59. The van der Waals surface area contributed by atoms with Crippen molar-refractivity contribution in [1.29, 1.82) is 0 Å². The Bertz CT molecular complexity index is 654. The molecular formula is C16H14FNO2. The molecule has 3 nitrogen and oxygen atoms in total. The van der Waals surface area contributed by atoms with Crippen LogP contribution in [0, 0.1) is 0 Å². The topological polar surface area (TPSA) is 38.3 Å². The van der Waals surface area contributed by atoms with E-state index in [1.165, 1.54) is 0 Å². The minimum absolute atomic E-state index is 0.0137. The Hall–Kier alpha value is -2.36. The predicted molar refractivity (Wildman–Crippen MR) is 74.6 cm³/mol. The van der Waals surface area contributed by atoms with Gasteiger partial charge in [-0.05, 0) is 23.8 Å². The van der Waals surface area contributed by atoms with E-state index < -0.39 is 11.6 Å². The number of hydrogen-bond donors (Lipinski definition) is 1. The molecule has 0 spiro atoms. The molecule has 20 heavy (non-hydrogen) atoms. The lowest BCUT2D eigenvalue weighted by molar-refractivity contribution is -0.126. The van der Waals surface area contributed by atoms with Gasteiger partial charge >= 0.3 is 0 Å². The third-order valence-corrected chi connectivity index (χ3v) is 3.57. The van der Waals surface area contributed by atoms with Crippen molar-refractivity contribution in [3.8, 4) is 5.75 Å². The van der Waals surface area contributed by atoms with Crippen LogP contribution in [0.2, 0.25) is 0 Å². The summed E-state index contributed by atoms with van der Waals surface area (Å²) in [6, 6.07) is 13.9. The Kier molecular flexibility index (Phi) is 2.93. The smallest absolute Gasteiger partial charge is 0.267 e. The number of benzene rings is 2. The summed E-state index contributed by atoms with van der Waals surface area (Å²) in [5.74, 6) is 0.104. The van der Waals surface area contributed by atoms with Crippen LogP contribution in [0.15, 0.2) is 48.5 Å². The van der Waals surface area contributed by atoms with Gasteiger partial charge in [0.05, 0.1) is 7.11 Å². The van der Waals surface area contributed by atoms with E-state index in [1.807, 2.05) is 0 Å². The van der Waals surface area contributed by atoms with E-state index in [0.29, 0.717) is 17.0 Å². The lowest BCUT2D eigenvalue weighted by Gasteiger charge is -2.18. The fourth-order valence-electron chi connectivity index (χ4n) is 2.48. The van der Waals surface area contributed by atoms with Gasteiger partial charge in [-0.25, -0.2) is 4.39 Å². The van der Waals surface area contributed by atoms with Crippen molar-refractivity contribution in [1.82, 2.24) is 0 Å². The maximum absolute atomic E-state index is 15.1. The summed E-state index contributed by atoms with van der Waals surface area (Å²) in [4.78, 5) is 12.0. The van der Waals surface area contributed by atoms with E-state index >= 15 is 4.39 Å². The minimum Gasteiger partial charge on any atom is -0.497 e. The number of alkyl halides is 1. The highest BCUT2D eigenvalue weighted by molar-refractivity contribution is 6.05. The van der Waals surface area contributed by atoms with Crippen LogP contribution < -0.4 is 10.1 Å². The molecule has 2 aromatic carbocycles. The fraction of sp³-hybridized carbons (Fsp3) is 0.188. The van der Waals surface area contributed by atoms with Gasteiger partial charge in [0.2, 0.25) is 5.67 Å². The maximum atomic E-state index is 15.1. The molecule has 1 unspecified atom stereocenters. The lowest BCUT2D eigenvalue weighted by atomic mass is 9.90. The highest BCUT2D eigenvalue weighted by Crippen LogP contribution is 2.41. The van der Waals surface area contributed by atoms with E-state index in [4.69, 9.17) is 4.74 Å². The number of fused-ring (bicyclic) bond motifs is 1. The summed E-state index contributed by atoms with van der Waals surface area (Å²) in [5.41, 5.74) is -0.306. The van der Waals surface area contributed by atoms with E-state index in [9.17, 15) is 4.79 Å². The van der Waals surface area contributed by atoms with Gasteiger partial charge in [0.25, 0.3) is 5.91 Å². The zero-order valence-electron chi connectivity index (χ0n) is 11.0. The molecular weight excluding hydrogens is 257 g/mol. The lowest BCUT2D eigenvalue weighted by Crippen LogP contribution is -2.31. The van der Waals surface area contributed by atoms with Gasteiger partial charge in [0.15, 0.2) is 0 Å². The van der Waals surface area contributed by atoms with Crippen LogP contribution in [-0.2, 0) is 16.9 Å². The normalized spacial score (nSPS) is 20.4. The number of ether oxygens (including phenoxy) is 1. The van der Waals surface area contributed by atoms with Crippen molar-refractivity contribution in [3.63, 3.8) is 0 Å². The van der Waals surface area contributed by atoms with Crippen molar-refractivity contribution < 1.29 is 13.9 Å². The molecule has 0 saturated carbocycles. The van der Waals surface area contributed by atoms with Crippen LogP contribution in [0.3, 0.4) is 0 Å². The first kappa shape index (κ1) is 12.7. The number of carbonyl (C=O) groups is 1. The summed E-state index contributed by atoms with van der Waals surface area (Å²) >= 11 is 0. The average Bonchev–Trinajstić information content (AvgIpc) is 2.72. The monoisotopic (exact) mass is 271 g/mol. The second-order valence-electron chi connectivity index (χ2n) is 4.83. The predicted octanol–water partition coefficient (Wildman–Crippen LogP) is 3.05. The third-order valence-electron chi connectivity index (χ3n) is 3.57. The minimum atomic E-state index is -2.01. The maximum Gasteiger partial charge on any atom is 0.267 e. The molecule has 2 aromatic rings. The van der Waals surface area contributed by atoms with Crippen LogP contribution >= 0.6 is 0 Å². The van der Waals surface area contributed by atoms with Crippen molar-refractivity contribution in [3.05, 3.63) is 59.7 Å². The van der Waals surface area contributed by atoms with Crippen LogP contribution in [0.5, 0.6) is 5.75 Å². The van der Waals surface area contributed by atoms with Gasteiger partial charge in [-0.1, -0.05) is 30.3 Å². The molecule has 0 radical (unpaired) electrons. The number of anilines is 1. The van der Waals surface area contributed by atoms with Gasteiger partial charge in [0, 0.05) is 17.7 Å². The first-order valence-electron chi connectivity index (χ1n) is 6.36. The molecule has 0 aliphatic carbocycles. The quantitative estimate of drug-likeness (QED) is 0.931. The number of hydrogen-bond acceptors (Lipinski definition) is 2. The summed E-state index contributed by atoms with van der Waals surface area (Å²) in [6.45, 7) is 0. The number of methoxy groups -OCH3 is 1. The number of halogens is 1. The molecule has 1 amide bonds. The SMILES string of the molecule is COc1ccc(CC2(F)C(=O)Nc3ccccc32)cc1. The first-order chi connectivity index (χ1) is 9.63. The summed E-state index contributed by atoms with van der Waals surface area (Å²) in [7, 11) is 1.58. The Balaban J connectivity index is 1.94. The third kappa shape index (κ3) is 1.93. The second-order valence-corrected chi connectivity index (χ2v) is 4.83. The van der Waals surface area contributed by atoms with Gasteiger partial charge < -0.3 is 10.1 Å². The number of carbonyl (C=O) groups excluding carboxylic acids is 1. The molecule has 4 heteroatoms. The zero-order valence-corrected chi connectivity index (χ0v) is 11.0. The van der Waals surface area contributed by atoms with Gasteiger partial charge in [-0.15, -0.1) is 0 Å². The second kappa shape index (κ2) is 4.63. The highest BCUT2D eigenvalue weighted by atomic mass is 19.1. The van der Waals surface area contributed by atoms with Crippen LogP contribution in [0.4, 0.5) is 10.1 Å². The molecule has 0 bridgehead atoms. The molecule has 0 aromatic heterocycles. The highest BCUT2D eigenvalue weighted by Gasteiger charge is 2.47. The Morgan fingerprint density at radius 1 is 1.15 bits per heavy atom. The standard InChI is InChI=1S/C16H14FNO2/c1-20-12-8-6-11(7-9-12)10-16(17)13-4-2-3-5-14(13)18-15(16)19/h2-9H,10H2,1H3,(H,18,19). The Morgan fingerprint density at radius 2 is 1.85 bits per heavy atom. The van der Waals surface area contributed by atoms with E-state index in [0.717, 1.165) is 5.56 Å². The fourth-order valence-corrected chi connectivity index (χ4v) is 2.48. The van der Waals surface area contributed by atoms with Crippen molar-refractivity contribution in [2.75, 3.05) is 12.4 Å². The average molecular weight is 271 g/mol. The largest absolute Gasteiger partial charge is 0.497 e. The Morgan fingerprint density at radius 3 is 2.55 bits per heavy atom. The molecule has 1 aliphatic heterocycles. The van der Waals surface area contributed by atoms with E-state index in [1.54, 1.807) is 55.6 Å². The summed E-state index contributed by atoms with van der Waals surface area (Å²) in [6.07, 6.45) is 0.0137. The number of nitrogens with one attached hydrogen (secondary N) is 1. The van der Waals surface area contributed by atoms with Crippen LogP contribution in [0.1, 0.15) is 11.1 Å². The van der Waals surface area contributed by atoms with E-state index in [2.05, 4.69) is 5.32 Å². The van der Waals surface area contributed by atoms with Crippen molar-refractivity contribution >= 4 is 11.6 Å². The van der Waals surface area contributed by atoms with Gasteiger partial charge in [-0.2, -0.15) is 0 Å². The molecule has 1 N–H and O–H groups in total. The molecule has 0 fully saturated rings. The van der Waals surface area contributed by atoms with Gasteiger partial charge in [-0.3, -0.25) is 4.79 Å².